The Morgan fingerprint density at radius 1 is 0.951 bits per heavy atom. The largest absolute Gasteiger partial charge is 0.494 e. The van der Waals surface area contributed by atoms with Crippen molar-refractivity contribution in [2.45, 2.75) is 32.1 Å². The van der Waals surface area contributed by atoms with Crippen LogP contribution in [-0.2, 0) is 4.79 Å². The first-order chi connectivity index (χ1) is 19.7. The highest BCUT2D eigenvalue weighted by Crippen LogP contribution is 2.44. The van der Waals surface area contributed by atoms with Crippen LogP contribution < -0.4 is 24.7 Å². The van der Waals surface area contributed by atoms with Crippen molar-refractivity contribution < 1.29 is 45.7 Å². The summed E-state index contributed by atoms with van der Waals surface area (Å²) in [5.41, 5.74) is 7.40. The van der Waals surface area contributed by atoms with Gasteiger partial charge in [0.1, 0.15) is 28.9 Å². The Morgan fingerprint density at radius 2 is 1.66 bits per heavy atom. The summed E-state index contributed by atoms with van der Waals surface area (Å²) in [5, 5.41) is 9.80. The molecule has 1 atom stereocenters. The zero-order valence-electron chi connectivity index (χ0n) is 21.6. The quantitative estimate of drug-likeness (QED) is 0.0773. The van der Waals surface area contributed by atoms with E-state index in [2.05, 4.69) is 17.7 Å². The van der Waals surface area contributed by atoms with Crippen molar-refractivity contribution in [2.75, 3.05) is 13.2 Å². The molecule has 1 unspecified atom stereocenters. The van der Waals surface area contributed by atoms with Crippen molar-refractivity contribution in [3.63, 3.8) is 0 Å². The van der Waals surface area contributed by atoms with Crippen LogP contribution in [-0.4, -0.2) is 19.2 Å². The standard InChI is InChI=1S/C29H23F5N2O5/c1-2-3-4-10-38-16-7-5-6-15(11-16)22-18-9-8-17(12-20(18)41-29(36)19(22)13-35)40-21(37)14-39-28-26(33)24(31)23(30)25(32)27(28)34/h5-9,11-12,22H,2-4,10,14,36H2,1H3. The predicted octanol–water partition coefficient (Wildman–Crippen LogP) is 6.15. The van der Waals surface area contributed by atoms with E-state index in [1.165, 1.54) is 18.2 Å². The number of carbonyl (C=O) groups excluding carboxylic acids is 1. The van der Waals surface area contributed by atoms with E-state index in [0.29, 0.717) is 23.5 Å². The number of nitrogens with zero attached hydrogens (tertiary/aromatic N) is 1. The maximum Gasteiger partial charge on any atom is 0.349 e. The molecule has 0 aliphatic carbocycles. The second-order valence-corrected chi connectivity index (χ2v) is 8.91. The van der Waals surface area contributed by atoms with Crippen molar-refractivity contribution >= 4 is 5.97 Å². The molecule has 0 amide bonds. The van der Waals surface area contributed by atoms with E-state index in [4.69, 9.17) is 19.9 Å². The van der Waals surface area contributed by atoms with Gasteiger partial charge < -0.3 is 24.7 Å². The van der Waals surface area contributed by atoms with E-state index in [1.54, 1.807) is 24.3 Å². The zero-order chi connectivity index (χ0) is 29.7. The first kappa shape index (κ1) is 29.2. The van der Waals surface area contributed by atoms with Crippen LogP contribution in [0.5, 0.6) is 23.0 Å². The number of nitrogens with two attached hydrogens (primary N) is 1. The molecule has 4 rings (SSSR count). The van der Waals surface area contributed by atoms with Gasteiger partial charge >= 0.3 is 5.97 Å². The lowest BCUT2D eigenvalue weighted by Gasteiger charge is -2.27. The van der Waals surface area contributed by atoms with Crippen LogP contribution in [0.25, 0.3) is 0 Å². The van der Waals surface area contributed by atoms with Gasteiger partial charge in [0.2, 0.25) is 35.0 Å². The lowest BCUT2D eigenvalue weighted by atomic mass is 9.83. The molecule has 1 aliphatic heterocycles. The molecule has 214 valence electrons. The van der Waals surface area contributed by atoms with E-state index >= 15 is 0 Å². The number of carbonyl (C=O) groups is 1. The van der Waals surface area contributed by atoms with Crippen LogP contribution >= 0.6 is 0 Å². The van der Waals surface area contributed by atoms with E-state index in [9.17, 15) is 32.0 Å². The Kier molecular flexibility index (Phi) is 8.97. The van der Waals surface area contributed by atoms with Gasteiger partial charge in [-0.1, -0.05) is 38.0 Å². The Balaban J connectivity index is 1.53. The topological polar surface area (TPSA) is 104 Å². The first-order valence-corrected chi connectivity index (χ1v) is 12.4. The Morgan fingerprint density at radius 3 is 2.34 bits per heavy atom. The number of unbranched alkanes of at least 4 members (excludes halogenated alkanes) is 2. The summed E-state index contributed by atoms with van der Waals surface area (Å²) in [7, 11) is 0. The van der Waals surface area contributed by atoms with Gasteiger partial charge in [-0.2, -0.15) is 14.0 Å². The smallest absolute Gasteiger partial charge is 0.349 e. The summed E-state index contributed by atoms with van der Waals surface area (Å²) in [6, 6.07) is 13.4. The van der Waals surface area contributed by atoms with Gasteiger partial charge in [-0.3, -0.25) is 0 Å². The van der Waals surface area contributed by atoms with Crippen LogP contribution in [0, 0.1) is 40.4 Å². The summed E-state index contributed by atoms with van der Waals surface area (Å²) >= 11 is 0. The summed E-state index contributed by atoms with van der Waals surface area (Å²) in [6.45, 7) is 1.45. The fourth-order valence-electron chi connectivity index (χ4n) is 4.17. The molecule has 0 aromatic heterocycles. The van der Waals surface area contributed by atoms with Crippen molar-refractivity contribution in [2.24, 2.45) is 5.73 Å². The number of allylic oxidation sites excluding steroid dienone is 1. The highest BCUT2D eigenvalue weighted by molar-refractivity contribution is 5.74. The molecular weight excluding hydrogens is 551 g/mol. The number of esters is 1. The molecule has 3 aromatic rings. The summed E-state index contributed by atoms with van der Waals surface area (Å²) in [6.07, 6.45) is 2.97. The molecular formula is C29H23F5N2O5. The number of benzene rings is 3. The Bertz CT molecular complexity index is 1520. The van der Waals surface area contributed by atoms with Gasteiger partial charge in [-0.15, -0.1) is 0 Å². The fraction of sp³-hybridized carbons (Fsp3) is 0.241. The van der Waals surface area contributed by atoms with Crippen molar-refractivity contribution in [3.05, 3.63) is 94.1 Å². The van der Waals surface area contributed by atoms with Gasteiger partial charge in [0.25, 0.3) is 0 Å². The summed E-state index contributed by atoms with van der Waals surface area (Å²) < 4.78 is 88.6. The van der Waals surface area contributed by atoms with E-state index < -0.39 is 53.3 Å². The third-order valence-electron chi connectivity index (χ3n) is 6.13. The number of fused-ring (bicyclic) bond motifs is 1. The molecule has 0 spiro atoms. The van der Waals surface area contributed by atoms with Crippen LogP contribution in [0.3, 0.4) is 0 Å². The van der Waals surface area contributed by atoms with Gasteiger partial charge in [0, 0.05) is 11.6 Å². The van der Waals surface area contributed by atoms with Gasteiger partial charge in [0.15, 0.2) is 12.4 Å². The average Bonchev–Trinajstić information content (AvgIpc) is 2.96. The van der Waals surface area contributed by atoms with Gasteiger partial charge in [0.05, 0.1) is 12.5 Å². The van der Waals surface area contributed by atoms with Crippen LogP contribution in [0.2, 0.25) is 0 Å². The van der Waals surface area contributed by atoms with Crippen molar-refractivity contribution in [1.29, 1.82) is 5.26 Å². The minimum Gasteiger partial charge on any atom is -0.494 e. The first-order valence-electron chi connectivity index (χ1n) is 12.4. The van der Waals surface area contributed by atoms with Crippen molar-refractivity contribution in [1.82, 2.24) is 0 Å². The number of halogens is 5. The molecule has 0 fully saturated rings. The highest BCUT2D eigenvalue weighted by atomic mass is 19.2. The lowest BCUT2D eigenvalue weighted by molar-refractivity contribution is -0.136. The van der Waals surface area contributed by atoms with E-state index in [-0.39, 0.29) is 23.0 Å². The Hall–Kier alpha value is -4.79. The minimum atomic E-state index is -2.36. The average molecular weight is 575 g/mol. The molecule has 1 heterocycles. The van der Waals surface area contributed by atoms with Crippen LogP contribution in [0.4, 0.5) is 22.0 Å². The fourth-order valence-corrected chi connectivity index (χ4v) is 4.17. The molecule has 0 saturated carbocycles. The number of hydrogen-bond acceptors (Lipinski definition) is 7. The van der Waals surface area contributed by atoms with Crippen molar-refractivity contribution in [3.8, 4) is 29.1 Å². The van der Waals surface area contributed by atoms with Crippen LogP contribution in [0.1, 0.15) is 43.2 Å². The molecule has 0 bridgehead atoms. The SMILES string of the molecule is CCCCCOc1cccc(C2C(C#N)=C(N)Oc3cc(OC(=O)COc4c(F)c(F)c(F)c(F)c4F)ccc32)c1. The summed E-state index contributed by atoms with van der Waals surface area (Å²) in [4.78, 5) is 12.2. The second kappa shape index (κ2) is 12.6. The molecule has 12 heteroatoms. The predicted molar refractivity (Wildman–Crippen MR) is 135 cm³/mol. The maximum absolute atomic E-state index is 13.8. The normalized spacial score (nSPS) is 14.1. The number of rotatable bonds is 10. The van der Waals surface area contributed by atoms with Crippen LogP contribution in [0.15, 0.2) is 53.9 Å². The zero-order valence-corrected chi connectivity index (χ0v) is 21.6. The third kappa shape index (κ3) is 6.19. The number of ether oxygens (including phenoxy) is 4. The van der Waals surface area contributed by atoms with E-state index in [0.717, 1.165) is 19.3 Å². The van der Waals surface area contributed by atoms with E-state index in [1.807, 2.05) is 0 Å². The molecule has 1 aliphatic rings. The monoisotopic (exact) mass is 574 g/mol. The van der Waals surface area contributed by atoms with Gasteiger partial charge in [-0.05, 0) is 30.2 Å². The molecule has 2 N–H and O–H groups in total. The molecule has 3 aromatic carbocycles. The Labute approximate surface area is 231 Å². The number of hydrogen-bond donors (Lipinski definition) is 1. The number of nitriles is 1. The molecule has 0 saturated heterocycles. The lowest BCUT2D eigenvalue weighted by Crippen LogP contribution is -2.22. The maximum atomic E-state index is 13.8. The minimum absolute atomic E-state index is 0.102. The molecule has 41 heavy (non-hydrogen) atoms. The summed E-state index contributed by atoms with van der Waals surface area (Å²) in [5.74, 6) is -14.2. The van der Waals surface area contributed by atoms with Gasteiger partial charge in [-0.25, -0.2) is 18.0 Å². The second-order valence-electron chi connectivity index (χ2n) is 8.91. The molecule has 7 nitrogen and oxygen atoms in total. The highest BCUT2D eigenvalue weighted by Gasteiger charge is 2.32. The molecule has 0 radical (unpaired) electrons. The third-order valence-corrected chi connectivity index (χ3v) is 6.13.